The molecule has 11 heavy (non-hydrogen) atoms. The van der Waals surface area contributed by atoms with Gasteiger partial charge in [0.1, 0.15) is 0 Å². The van der Waals surface area contributed by atoms with Crippen molar-refractivity contribution in [1.82, 2.24) is 4.90 Å². The summed E-state index contributed by atoms with van der Waals surface area (Å²) in [5.74, 6) is 0. The van der Waals surface area contributed by atoms with Crippen LogP contribution in [-0.4, -0.2) is 11.9 Å². The molecule has 0 amide bonds. The van der Waals surface area contributed by atoms with Gasteiger partial charge in [-0.2, -0.15) is 0 Å². The maximum Gasteiger partial charge on any atom is 0.0358 e. The van der Waals surface area contributed by atoms with Crippen LogP contribution in [0.5, 0.6) is 0 Å². The summed E-state index contributed by atoms with van der Waals surface area (Å²) in [7, 11) is 1.97. The molecule has 0 radical (unpaired) electrons. The van der Waals surface area contributed by atoms with Crippen molar-refractivity contribution in [1.29, 1.82) is 0 Å². The molecule has 0 aliphatic heterocycles. The average Bonchev–Trinajstić information content (AvgIpc) is 2.00. The van der Waals surface area contributed by atoms with E-state index in [1.807, 2.05) is 38.8 Å². The maximum atomic E-state index is 3.94. The molecule has 62 valence electrons. The highest BCUT2D eigenvalue weighted by Crippen LogP contribution is 2.13. The summed E-state index contributed by atoms with van der Waals surface area (Å²) in [5.41, 5.74) is 3.21. The minimum Gasteiger partial charge on any atom is -0.349 e. The molecule has 1 nitrogen and oxygen atoms in total. The van der Waals surface area contributed by atoms with E-state index in [1.54, 1.807) is 0 Å². The third-order valence-electron chi connectivity index (χ3n) is 1.87. The average molecular weight is 151 g/mol. The van der Waals surface area contributed by atoms with Gasteiger partial charge in [-0.3, -0.25) is 0 Å². The Labute approximate surface area is 69.7 Å². The van der Waals surface area contributed by atoms with Gasteiger partial charge in [-0.05, 0) is 26.3 Å². The van der Waals surface area contributed by atoms with Gasteiger partial charge in [0.25, 0.3) is 0 Å². The zero-order chi connectivity index (χ0) is 9.02. The van der Waals surface area contributed by atoms with Crippen LogP contribution in [0.4, 0.5) is 0 Å². The molecule has 0 aliphatic carbocycles. The van der Waals surface area contributed by atoms with Gasteiger partial charge in [-0.1, -0.05) is 19.2 Å². The minimum atomic E-state index is 1.01. The van der Waals surface area contributed by atoms with Gasteiger partial charge in [0.2, 0.25) is 0 Å². The van der Waals surface area contributed by atoms with Crippen LogP contribution in [0.2, 0.25) is 0 Å². The molecular formula is C10H17N. The van der Waals surface area contributed by atoms with Crippen LogP contribution >= 0.6 is 0 Å². The minimum absolute atomic E-state index is 1.01. The largest absolute Gasteiger partial charge is 0.349 e. The molecule has 0 spiro atoms. The van der Waals surface area contributed by atoms with Gasteiger partial charge >= 0.3 is 0 Å². The van der Waals surface area contributed by atoms with Crippen LogP contribution in [-0.2, 0) is 0 Å². The van der Waals surface area contributed by atoms with E-state index in [1.165, 1.54) is 5.57 Å². The van der Waals surface area contributed by atoms with Crippen molar-refractivity contribution in [3.05, 3.63) is 36.2 Å². The smallest absolute Gasteiger partial charge is 0.0358 e. The van der Waals surface area contributed by atoms with Crippen LogP contribution in [0.15, 0.2) is 36.2 Å². The first-order valence-corrected chi connectivity index (χ1v) is 3.72. The van der Waals surface area contributed by atoms with Crippen LogP contribution in [0.3, 0.4) is 0 Å². The lowest BCUT2D eigenvalue weighted by Gasteiger charge is -2.21. The van der Waals surface area contributed by atoms with Crippen molar-refractivity contribution >= 4 is 0 Å². The zero-order valence-electron chi connectivity index (χ0n) is 7.94. The van der Waals surface area contributed by atoms with E-state index >= 15 is 0 Å². The highest BCUT2D eigenvalue weighted by atomic mass is 15.1. The third-order valence-corrected chi connectivity index (χ3v) is 1.87. The molecule has 0 bridgehead atoms. The lowest BCUT2D eigenvalue weighted by atomic mass is 10.2. The lowest BCUT2D eigenvalue weighted by Crippen LogP contribution is -2.14. The highest BCUT2D eigenvalue weighted by molar-refractivity contribution is 5.26. The Morgan fingerprint density at radius 2 is 1.73 bits per heavy atom. The van der Waals surface area contributed by atoms with Crippen LogP contribution < -0.4 is 0 Å². The summed E-state index contributed by atoms with van der Waals surface area (Å²) in [6.45, 7) is 13.8. The molecule has 0 aliphatic rings. The quantitative estimate of drug-likeness (QED) is 0.560. The molecule has 0 fully saturated rings. The van der Waals surface area contributed by atoms with E-state index in [2.05, 4.69) is 13.2 Å². The van der Waals surface area contributed by atoms with Gasteiger partial charge < -0.3 is 4.90 Å². The fraction of sp³-hybridized carbons (Fsp3) is 0.400. The third kappa shape index (κ3) is 2.62. The molecule has 0 unspecified atom stereocenters. The second-order valence-electron chi connectivity index (χ2n) is 2.71. The molecule has 0 saturated heterocycles. The molecule has 0 aromatic carbocycles. The number of hydrogen-bond acceptors (Lipinski definition) is 1. The zero-order valence-corrected chi connectivity index (χ0v) is 7.94. The van der Waals surface area contributed by atoms with E-state index < -0.39 is 0 Å². The summed E-state index contributed by atoms with van der Waals surface area (Å²) in [5, 5.41) is 0. The van der Waals surface area contributed by atoms with Gasteiger partial charge in [0.05, 0.1) is 0 Å². The van der Waals surface area contributed by atoms with Crippen molar-refractivity contribution in [2.45, 2.75) is 20.8 Å². The van der Waals surface area contributed by atoms with Crippen molar-refractivity contribution in [3.63, 3.8) is 0 Å². The number of nitrogens with zero attached hydrogens (tertiary/aromatic N) is 1. The Balaban J connectivity index is 4.38. The Kier molecular flexibility index (Phi) is 3.66. The predicted octanol–water partition coefficient (Wildman–Crippen LogP) is 2.93. The highest BCUT2D eigenvalue weighted by Gasteiger charge is 2.02. The molecule has 0 rings (SSSR count). The first kappa shape index (κ1) is 10.0. The predicted molar refractivity (Wildman–Crippen MR) is 51.1 cm³/mol. The Hall–Kier alpha value is -0.980. The van der Waals surface area contributed by atoms with E-state index in [0.29, 0.717) is 0 Å². The van der Waals surface area contributed by atoms with Crippen molar-refractivity contribution in [2.75, 3.05) is 7.05 Å². The Morgan fingerprint density at radius 1 is 1.27 bits per heavy atom. The number of likely N-dealkylation sites (N-methyl/N-ethyl adjacent to an activating group) is 1. The number of rotatable bonds is 3. The summed E-state index contributed by atoms with van der Waals surface area (Å²) >= 11 is 0. The van der Waals surface area contributed by atoms with Gasteiger partial charge in [0.15, 0.2) is 0 Å². The second-order valence-corrected chi connectivity index (χ2v) is 2.71. The molecule has 0 aromatic heterocycles. The standard InChI is InChI=1S/C10H17N/c1-7-9(4)10(5)11(6)8(2)3/h7H,2,5H2,1,3-4,6H3/b9-7-. The molecular weight excluding hydrogens is 134 g/mol. The van der Waals surface area contributed by atoms with E-state index in [9.17, 15) is 0 Å². The Morgan fingerprint density at radius 3 is 2.00 bits per heavy atom. The fourth-order valence-corrected chi connectivity index (χ4v) is 0.662. The molecule has 1 heteroatoms. The summed E-state index contributed by atoms with van der Waals surface area (Å²) in [4.78, 5) is 1.98. The topological polar surface area (TPSA) is 3.24 Å². The fourth-order valence-electron chi connectivity index (χ4n) is 0.662. The van der Waals surface area contributed by atoms with Crippen LogP contribution in [0, 0.1) is 0 Å². The maximum absolute atomic E-state index is 3.94. The van der Waals surface area contributed by atoms with Crippen LogP contribution in [0.25, 0.3) is 0 Å². The SMILES string of the molecule is C=C(C)N(C)C(=C)/C(C)=C\C. The summed E-state index contributed by atoms with van der Waals surface area (Å²) in [6.07, 6.45) is 2.04. The lowest BCUT2D eigenvalue weighted by molar-refractivity contribution is 0.534. The second kappa shape index (κ2) is 4.02. The van der Waals surface area contributed by atoms with Crippen LogP contribution in [0.1, 0.15) is 20.8 Å². The Bertz CT molecular complexity index is 199. The normalized spacial score (nSPS) is 11.1. The van der Waals surface area contributed by atoms with Crippen molar-refractivity contribution < 1.29 is 0 Å². The number of allylic oxidation sites excluding steroid dienone is 3. The van der Waals surface area contributed by atoms with Crippen molar-refractivity contribution in [2.24, 2.45) is 0 Å². The van der Waals surface area contributed by atoms with E-state index in [0.717, 1.165) is 11.4 Å². The first-order chi connectivity index (χ1) is 5.00. The van der Waals surface area contributed by atoms with E-state index in [4.69, 9.17) is 0 Å². The van der Waals surface area contributed by atoms with Gasteiger partial charge in [-0.15, -0.1) is 0 Å². The number of hydrogen-bond donors (Lipinski definition) is 0. The molecule has 0 atom stereocenters. The van der Waals surface area contributed by atoms with Gasteiger partial charge in [-0.25, -0.2) is 0 Å². The van der Waals surface area contributed by atoms with Gasteiger partial charge in [0, 0.05) is 18.4 Å². The van der Waals surface area contributed by atoms with E-state index in [-0.39, 0.29) is 0 Å². The molecule has 0 aromatic rings. The van der Waals surface area contributed by atoms with Crippen molar-refractivity contribution in [3.8, 4) is 0 Å². The monoisotopic (exact) mass is 151 g/mol. The molecule has 0 saturated carbocycles. The summed E-state index contributed by atoms with van der Waals surface area (Å²) in [6, 6.07) is 0. The summed E-state index contributed by atoms with van der Waals surface area (Å²) < 4.78 is 0. The first-order valence-electron chi connectivity index (χ1n) is 3.72. The molecule has 0 heterocycles. The molecule has 0 N–H and O–H groups in total.